The van der Waals surface area contributed by atoms with Crippen LogP contribution < -0.4 is 11.1 Å². The second kappa shape index (κ2) is 5.79. The number of nitrogen functional groups attached to an aromatic ring is 1. The molecule has 2 rings (SSSR count). The van der Waals surface area contributed by atoms with Crippen molar-refractivity contribution in [3.05, 3.63) is 24.0 Å². The molecule has 6 heteroatoms. The molecule has 1 aliphatic rings. The van der Waals surface area contributed by atoms with Crippen molar-refractivity contribution in [1.29, 1.82) is 0 Å². The van der Waals surface area contributed by atoms with E-state index in [9.17, 15) is 9.18 Å². The van der Waals surface area contributed by atoms with Gasteiger partial charge in [-0.2, -0.15) is 5.06 Å². The van der Waals surface area contributed by atoms with Gasteiger partial charge >= 0.3 is 0 Å². The quantitative estimate of drug-likeness (QED) is 0.795. The molecule has 5 nitrogen and oxygen atoms in total. The van der Waals surface area contributed by atoms with Crippen LogP contribution in [0, 0.1) is 5.82 Å². The highest BCUT2D eigenvalue weighted by Gasteiger charge is 2.14. The molecule has 1 fully saturated rings. The van der Waals surface area contributed by atoms with Gasteiger partial charge in [0, 0.05) is 19.5 Å². The molecular formula is C12H16FN3O2. The minimum absolute atomic E-state index is 0.163. The maximum Gasteiger partial charge on any atom is 0.225 e. The fourth-order valence-corrected chi connectivity index (χ4v) is 1.76. The van der Waals surface area contributed by atoms with E-state index in [1.807, 2.05) is 0 Å². The standard InChI is InChI=1S/C12H16FN3O2/c13-9-2-3-11(10(14)8-9)15-12(17)4-6-16-5-1-7-18-16/h2-3,8H,1,4-7,14H2,(H,15,17). The molecule has 98 valence electrons. The molecule has 0 unspecified atom stereocenters. The van der Waals surface area contributed by atoms with Gasteiger partial charge in [-0.3, -0.25) is 9.63 Å². The number of hydrogen-bond acceptors (Lipinski definition) is 4. The molecule has 1 aromatic rings. The van der Waals surface area contributed by atoms with Crippen molar-refractivity contribution in [1.82, 2.24) is 5.06 Å². The van der Waals surface area contributed by atoms with E-state index in [2.05, 4.69) is 5.32 Å². The van der Waals surface area contributed by atoms with Crippen LogP contribution in [0.15, 0.2) is 18.2 Å². The number of nitrogens with two attached hydrogens (primary N) is 1. The molecule has 1 aliphatic heterocycles. The molecule has 0 radical (unpaired) electrons. The second-order valence-corrected chi connectivity index (χ2v) is 4.15. The van der Waals surface area contributed by atoms with Gasteiger partial charge < -0.3 is 11.1 Å². The number of hydroxylamine groups is 2. The summed E-state index contributed by atoms with van der Waals surface area (Å²) < 4.78 is 12.8. The first-order valence-corrected chi connectivity index (χ1v) is 5.88. The molecule has 18 heavy (non-hydrogen) atoms. The van der Waals surface area contributed by atoms with E-state index in [-0.39, 0.29) is 11.6 Å². The normalized spacial score (nSPS) is 15.8. The molecule has 1 aromatic carbocycles. The fraction of sp³-hybridized carbons (Fsp3) is 0.417. The number of carbonyl (C=O) groups is 1. The van der Waals surface area contributed by atoms with Crippen molar-refractivity contribution in [3.8, 4) is 0 Å². The highest BCUT2D eigenvalue weighted by molar-refractivity contribution is 5.93. The maximum atomic E-state index is 12.8. The number of nitrogens with one attached hydrogen (secondary N) is 1. The molecule has 0 aromatic heterocycles. The number of halogens is 1. The summed E-state index contributed by atoms with van der Waals surface area (Å²) in [6.45, 7) is 2.12. The lowest BCUT2D eigenvalue weighted by Gasteiger charge is -2.13. The van der Waals surface area contributed by atoms with Crippen LogP contribution in [0.25, 0.3) is 0 Å². The van der Waals surface area contributed by atoms with Crippen molar-refractivity contribution in [3.63, 3.8) is 0 Å². The Balaban J connectivity index is 1.82. The number of rotatable bonds is 4. The van der Waals surface area contributed by atoms with E-state index in [1.165, 1.54) is 18.2 Å². The first kappa shape index (κ1) is 12.8. The Hall–Kier alpha value is -1.66. The predicted molar refractivity (Wildman–Crippen MR) is 66.2 cm³/mol. The van der Waals surface area contributed by atoms with Crippen molar-refractivity contribution in [2.24, 2.45) is 0 Å². The molecule has 0 spiro atoms. The van der Waals surface area contributed by atoms with Crippen LogP contribution >= 0.6 is 0 Å². The van der Waals surface area contributed by atoms with Crippen LogP contribution in [-0.4, -0.2) is 30.7 Å². The fourth-order valence-electron chi connectivity index (χ4n) is 1.76. The van der Waals surface area contributed by atoms with Gasteiger partial charge in [0.2, 0.25) is 5.91 Å². The summed E-state index contributed by atoms with van der Waals surface area (Å²) in [7, 11) is 0. The van der Waals surface area contributed by atoms with E-state index in [1.54, 1.807) is 5.06 Å². The van der Waals surface area contributed by atoms with Crippen molar-refractivity contribution in [2.45, 2.75) is 12.8 Å². The van der Waals surface area contributed by atoms with Gasteiger partial charge in [0.15, 0.2) is 0 Å². The lowest BCUT2D eigenvalue weighted by molar-refractivity contribution is -0.126. The summed E-state index contributed by atoms with van der Waals surface area (Å²) in [4.78, 5) is 16.9. The summed E-state index contributed by atoms with van der Waals surface area (Å²) in [5.41, 5.74) is 6.26. The predicted octanol–water partition coefficient (Wildman–Crippen LogP) is 1.37. The Morgan fingerprint density at radius 1 is 1.56 bits per heavy atom. The van der Waals surface area contributed by atoms with Gasteiger partial charge in [-0.25, -0.2) is 4.39 Å². The Morgan fingerprint density at radius 3 is 3.06 bits per heavy atom. The topological polar surface area (TPSA) is 67.6 Å². The second-order valence-electron chi connectivity index (χ2n) is 4.15. The number of anilines is 2. The van der Waals surface area contributed by atoms with E-state index in [0.29, 0.717) is 25.3 Å². The number of amides is 1. The minimum Gasteiger partial charge on any atom is -0.397 e. The Morgan fingerprint density at radius 2 is 2.39 bits per heavy atom. The van der Waals surface area contributed by atoms with Crippen LogP contribution in [0.3, 0.4) is 0 Å². The molecule has 3 N–H and O–H groups in total. The van der Waals surface area contributed by atoms with Crippen LogP contribution in [0.2, 0.25) is 0 Å². The van der Waals surface area contributed by atoms with Gasteiger partial charge in [-0.1, -0.05) is 0 Å². The Bertz CT molecular complexity index is 433. The first-order chi connectivity index (χ1) is 8.65. The molecule has 1 heterocycles. The van der Waals surface area contributed by atoms with Gasteiger partial charge in [0.05, 0.1) is 18.0 Å². The van der Waals surface area contributed by atoms with Crippen molar-refractivity contribution < 1.29 is 14.0 Å². The van der Waals surface area contributed by atoms with Crippen LogP contribution in [0.4, 0.5) is 15.8 Å². The SMILES string of the molecule is Nc1cc(F)ccc1NC(=O)CCN1CCCO1. The smallest absolute Gasteiger partial charge is 0.225 e. The summed E-state index contributed by atoms with van der Waals surface area (Å²) in [5, 5.41) is 4.42. The highest BCUT2D eigenvalue weighted by Crippen LogP contribution is 2.19. The molecular weight excluding hydrogens is 237 g/mol. The summed E-state index contributed by atoms with van der Waals surface area (Å²) in [6, 6.07) is 3.89. The van der Waals surface area contributed by atoms with Crippen LogP contribution in [0.5, 0.6) is 0 Å². The van der Waals surface area contributed by atoms with Crippen molar-refractivity contribution >= 4 is 17.3 Å². The summed E-state index contributed by atoms with van der Waals surface area (Å²) in [5.74, 6) is -0.584. The Labute approximate surface area is 105 Å². The maximum absolute atomic E-state index is 12.8. The zero-order valence-electron chi connectivity index (χ0n) is 9.99. The third-order valence-corrected chi connectivity index (χ3v) is 2.70. The van der Waals surface area contributed by atoms with E-state index < -0.39 is 5.82 Å². The largest absolute Gasteiger partial charge is 0.397 e. The van der Waals surface area contributed by atoms with Crippen LogP contribution in [0.1, 0.15) is 12.8 Å². The average molecular weight is 253 g/mol. The van der Waals surface area contributed by atoms with E-state index >= 15 is 0 Å². The zero-order valence-corrected chi connectivity index (χ0v) is 9.99. The van der Waals surface area contributed by atoms with Gasteiger partial charge in [-0.05, 0) is 24.6 Å². The van der Waals surface area contributed by atoms with E-state index in [4.69, 9.17) is 10.6 Å². The third-order valence-electron chi connectivity index (χ3n) is 2.70. The van der Waals surface area contributed by atoms with Gasteiger partial charge in [-0.15, -0.1) is 0 Å². The lowest BCUT2D eigenvalue weighted by Crippen LogP contribution is -2.24. The van der Waals surface area contributed by atoms with Crippen LogP contribution in [-0.2, 0) is 9.63 Å². The van der Waals surface area contributed by atoms with Gasteiger partial charge in [0.1, 0.15) is 5.82 Å². The lowest BCUT2D eigenvalue weighted by atomic mass is 10.2. The van der Waals surface area contributed by atoms with Crippen molar-refractivity contribution in [2.75, 3.05) is 30.7 Å². The molecule has 1 amide bonds. The zero-order chi connectivity index (χ0) is 13.0. The minimum atomic E-state index is -0.420. The number of hydrogen-bond donors (Lipinski definition) is 2. The van der Waals surface area contributed by atoms with E-state index in [0.717, 1.165) is 13.0 Å². The average Bonchev–Trinajstić information content (AvgIpc) is 2.83. The highest BCUT2D eigenvalue weighted by atomic mass is 19.1. The Kier molecular flexibility index (Phi) is 4.11. The number of nitrogens with zero attached hydrogens (tertiary/aromatic N) is 1. The number of benzene rings is 1. The molecule has 0 saturated carbocycles. The molecule has 0 bridgehead atoms. The first-order valence-electron chi connectivity index (χ1n) is 5.88. The molecule has 0 aliphatic carbocycles. The molecule has 1 saturated heterocycles. The monoisotopic (exact) mass is 253 g/mol. The summed E-state index contributed by atoms with van der Waals surface area (Å²) >= 11 is 0. The molecule has 0 atom stereocenters. The number of carbonyl (C=O) groups excluding carboxylic acids is 1. The third kappa shape index (κ3) is 3.41. The van der Waals surface area contributed by atoms with Gasteiger partial charge in [0.25, 0.3) is 0 Å². The summed E-state index contributed by atoms with van der Waals surface area (Å²) in [6.07, 6.45) is 1.31.